The molecule has 1 aliphatic heterocycles. The summed E-state index contributed by atoms with van der Waals surface area (Å²) in [6, 6.07) is 14.7. The SMILES string of the molecule is CCOc1cc(/C=C2\N=C(c3cc(I)ccc3Cl)OC2=O)cc(Cl)c1OCc1cccc([N+](=O)[O-])c1. The lowest BCUT2D eigenvalue weighted by molar-refractivity contribution is -0.384. The van der Waals surface area contributed by atoms with Gasteiger partial charge in [-0.1, -0.05) is 35.3 Å². The number of esters is 1. The molecule has 0 unspecified atom stereocenters. The van der Waals surface area contributed by atoms with Gasteiger partial charge in [-0.2, -0.15) is 0 Å². The third kappa shape index (κ3) is 5.97. The molecule has 0 amide bonds. The van der Waals surface area contributed by atoms with Crippen molar-refractivity contribution in [1.29, 1.82) is 0 Å². The Labute approximate surface area is 229 Å². The van der Waals surface area contributed by atoms with E-state index in [4.69, 9.17) is 37.4 Å². The van der Waals surface area contributed by atoms with Gasteiger partial charge in [-0.15, -0.1) is 0 Å². The van der Waals surface area contributed by atoms with Gasteiger partial charge in [0.05, 0.1) is 27.1 Å². The lowest BCUT2D eigenvalue weighted by Crippen LogP contribution is -2.06. The molecule has 11 heteroatoms. The number of benzene rings is 3. The van der Waals surface area contributed by atoms with Gasteiger partial charge in [0.1, 0.15) is 6.61 Å². The van der Waals surface area contributed by atoms with E-state index in [2.05, 4.69) is 27.6 Å². The van der Waals surface area contributed by atoms with Crippen molar-refractivity contribution in [1.82, 2.24) is 0 Å². The number of non-ortho nitro benzene ring substituents is 1. The number of ether oxygens (including phenoxy) is 3. The van der Waals surface area contributed by atoms with Gasteiger partial charge in [-0.25, -0.2) is 9.79 Å². The van der Waals surface area contributed by atoms with E-state index in [9.17, 15) is 14.9 Å². The maximum absolute atomic E-state index is 12.5. The third-order valence-electron chi connectivity index (χ3n) is 4.92. The Morgan fingerprint density at radius 2 is 1.92 bits per heavy atom. The van der Waals surface area contributed by atoms with E-state index < -0.39 is 10.9 Å². The zero-order valence-corrected chi connectivity index (χ0v) is 22.3. The molecule has 8 nitrogen and oxygen atoms in total. The Balaban J connectivity index is 1.62. The first-order valence-electron chi connectivity index (χ1n) is 10.6. The number of rotatable bonds is 8. The molecule has 0 bridgehead atoms. The third-order valence-corrected chi connectivity index (χ3v) is 6.20. The van der Waals surface area contributed by atoms with Crippen LogP contribution in [0.3, 0.4) is 0 Å². The summed E-state index contributed by atoms with van der Waals surface area (Å²) < 4.78 is 17.8. The number of aliphatic imine (C=N–C) groups is 1. The van der Waals surface area contributed by atoms with Gasteiger partial charge in [0, 0.05) is 15.7 Å². The van der Waals surface area contributed by atoms with Crippen LogP contribution in [0.25, 0.3) is 6.08 Å². The van der Waals surface area contributed by atoms with Crippen LogP contribution in [-0.2, 0) is 16.1 Å². The van der Waals surface area contributed by atoms with Crippen molar-refractivity contribution >= 4 is 69.4 Å². The van der Waals surface area contributed by atoms with E-state index in [0.717, 1.165) is 3.57 Å². The molecular formula is C25H17Cl2IN2O6. The Kier molecular flexibility index (Phi) is 8.12. The molecule has 0 aliphatic carbocycles. The van der Waals surface area contributed by atoms with Gasteiger partial charge in [-0.3, -0.25) is 10.1 Å². The Morgan fingerprint density at radius 1 is 1.11 bits per heavy atom. The van der Waals surface area contributed by atoms with Crippen LogP contribution in [0.1, 0.15) is 23.6 Å². The molecule has 4 rings (SSSR count). The van der Waals surface area contributed by atoms with Crippen LogP contribution >= 0.6 is 45.8 Å². The van der Waals surface area contributed by atoms with Crippen molar-refractivity contribution in [2.45, 2.75) is 13.5 Å². The van der Waals surface area contributed by atoms with E-state index >= 15 is 0 Å². The molecule has 1 heterocycles. The highest BCUT2D eigenvalue weighted by atomic mass is 127. The number of carbonyl (C=O) groups is 1. The summed E-state index contributed by atoms with van der Waals surface area (Å²) in [7, 11) is 0. The van der Waals surface area contributed by atoms with Crippen LogP contribution in [0.2, 0.25) is 10.0 Å². The molecule has 0 radical (unpaired) electrons. The first kappa shape index (κ1) is 25.9. The van der Waals surface area contributed by atoms with Crippen LogP contribution in [0.4, 0.5) is 5.69 Å². The normalized spacial score (nSPS) is 13.9. The average molecular weight is 639 g/mol. The molecular weight excluding hydrogens is 622 g/mol. The van der Waals surface area contributed by atoms with E-state index in [1.54, 1.807) is 43.3 Å². The topological polar surface area (TPSA) is 100 Å². The predicted octanol–water partition coefficient (Wildman–Crippen LogP) is 6.83. The molecule has 1 aliphatic rings. The average Bonchev–Trinajstić information content (AvgIpc) is 3.20. The lowest BCUT2D eigenvalue weighted by atomic mass is 10.1. The van der Waals surface area contributed by atoms with Crippen molar-refractivity contribution in [3.8, 4) is 11.5 Å². The van der Waals surface area contributed by atoms with Crippen molar-refractivity contribution in [2.75, 3.05) is 6.61 Å². The molecule has 0 saturated carbocycles. The number of halogens is 3. The summed E-state index contributed by atoms with van der Waals surface area (Å²) >= 11 is 14.9. The number of nitro benzene ring substituents is 1. The van der Waals surface area contributed by atoms with Crippen LogP contribution in [0.15, 0.2) is 65.3 Å². The minimum atomic E-state index is -0.625. The zero-order valence-electron chi connectivity index (χ0n) is 18.7. The van der Waals surface area contributed by atoms with Crippen LogP contribution in [0.5, 0.6) is 11.5 Å². The highest BCUT2D eigenvalue weighted by Gasteiger charge is 2.26. The van der Waals surface area contributed by atoms with Gasteiger partial charge in [0.25, 0.3) is 5.69 Å². The molecule has 0 saturated heterocycles. The van der Waals surface area contributed by atoms with Crippen molar-refractivity contribution in [3.63, 3.8) is 0 Å². The minimum absolute atomic E-state index is 0.0379. The van der Waals surface area contributed by atoms with Gasteiger partial charge in [0.2, 0.25) is 5.90 Å². The first-order valence-corrected chi connectivity index (χ1v) is 12.4. The largest absolute Gasteiger partial charge is 0.490 e. The van der Waals surface area contributed by atoms with Crippen molar-refractivity contribution < 1.29 is 23.9 Å². The van der Waals surface area contributed by atoms with Crippen LogP contribution in [0, 0.1) is 13.7 Å². The number of cyclic esters (lactones) is 1. The number of nitrogens with zero attached hydrogens (tertiary/aromatic N) is 2. The highest BCUT2D eigenvalue weighted by Crippen LogP contribution is 2.38. The van der Waals surface area contributed by atoms with Crippen LogP contribution in [-0.4, -0.2) is 23.4 Å². The maximum Gasteiger partial charge on any atom is 0.363 e. The Hall–Kier alpha value is -3.15. The Bertz CT molecular complexity index is 1420. The van der Waals surface area contributed by atoms with Gasteiger partial charge in [0.15, 0.2) is 17.2 Å². The smallest absolute Gasteiger partial charge is 0.363 e. The van der Waals surface area contributed by atoms with Gasteiger partial charge >= 0.3 is 5.97 Å². The van der Waals surface area contributed by atoms with Gasteiger partial charge < -0.3 is 14.2 Å². The molecule has 0 N–H and O–H groups in total. The molecule has 0 fully saturated rings. The summed E-state index contributed by atoms with van der Waals surface area (Å²) in [6.45, 7) is 2.18. The molecule has 0 atom stereocenters. The number of hydrogen-bond acceptors (Lipinski definition) is 7. The fraction of sp³-hybridized carbons (Fsp3) is 0.120. The molecule has 0 spiro atoms. The molecule has 184 valence electrons. The highest BCUT2D eigenvalue weighted by molar-refractivity contribution is 14.1. The fourth-order valence-corrected chi connectivity index (χ4v) is 4.30. The number of hydrogen-bond donors (Lipinski definition) is 0. The summed E-state index contributed by atoms with van der Waals surface area (Å²) in [5, 5.41) is 11.7. The lowest BCUT2D eigenvalue weighted by Gasteiger charge is -2.14. The molecule has 3 aromatic carbocycles. The zero-order chi connectivity index (χ0) is 25.8. The van der Waals surface area contributed by atoms with Crippen molar-refractivity contribution in [3.05, 3.63) is 101 Å². The van der Waals surface area contributed by atoms with Crippen molar-refractivity contribution in [2.24, 2.45) is 4.99 Å². The summed E-state index contributed by atoms with van der Waals surface area (Å²) in [4.78, 5) is 27.3. The molecule has 36 heavy (non-hydrogen) atoms. The van der Waals surface area contributed by atoms with E-state index in [1.807, 2.05) is 6.07 Å². The first-order chi connectivity index (χ1) is 17.2. The summed E-state index contributed by atoms with van der Waals surface area (Å²) in [6.07, 6.45) is 1.52. The summed E-state index contributed by atoms with van der Waals surface area (Å²) in [5.41, 5.74) is 1.68. The van der Waals surface area contributed by atoms with E-state index in [0.29, 0.717) is 34.1 Å². The van der Waals surface area contributed by atoms with E-state index in [1.165, 1.54) is 18.2 Å². The van der Waals surface area contributed by atoms with E-state index in [-0.39, 0.29) is 34.7 Å². The second-order valence-electron chi connectivity index (χ2n) is 7.44. The quantitative estimate of drug-likeness (QED) is 0.0882. The molecule has 3 aromatic rings. The van der Waals surface area contributed by atoms with Gasteiger partial charge in [-0.05, 0) is 77.0 Å². The predicted molar refractivity (Wildman–Crippen MR) is 145 cm³/mol. The monoisotopic (exact) mass is 638 g/mol. The van der Waals surface area contributed by atoms with Crippen LogP contribution < -0.4 is 9.47 Å². The maximum atomic E-state index is 12.5. The minimum Gasteiger partial charge on any atom is -0.490 e. The standard InChI is InChI=1S/C25H17Cl2IN2O6/c1-2-34-22-11-15(9-20(27)23(22)35-13-14-4-3-5-17(8-14)30(32)33)10-21-25(31)36-24(29-21)18-12-16(28)6-7-19(18)26/h3-12H,2,13H2,1H3/b21-10-. The second kappa shape index (κ2) is 11.3. The molecule has 0 aromatic heterocycles. The number of nitro groups is 1. The second-order valence-corrected chi connectivity index (χ2v) is 9.50. The Morgan fingerprint density at radius 3 is 2.67 bits per heavy atom. The number of carbonyl (C=O) groups excluding carboxylic acids is 1. The summed E-state index contributed by atoms with van der Waals surface area (Å²) in [5.74, 6) is 0.109. The fourth-order valence-electron chi connectivity index (χ4n) is 3.33.